The van der Waals surface area contributed by atoms with E-state index in [-0.39, 0.29) is 5.91 Å². The summed E-state index contributed by atoms with van der Waals surface area (Å²) < 4.78 is 1.91. The Labute approximate surface area is 130 Å². The number of pyridine rings is 1. The molecule has 0 saturated carbocycles. The zero-order valence-corrected chi connectivity index (χ0v) is 12.8. The van der Waals surface area contributed by atoms with Gasteiger partial charge in [0, 0.05) is 45.3 Å². The quantitative estimate of drug-likeness (QED) is 0.792. The number of carbonyl (C=O) groups excluding carboxylic acids is 1. The van der Waals surface area contributed by atoms with E-state index in [4.69, 9.17) is 0 Å². The van der Waals surface area contributed by atoms with Gasteiger partial charge >= 0.3 is 0 Å². The minimum Gasteiger partial charge on any atom is -0.340 e. The molecule has 0 bridgehead atoms. The first kappa shape index (κ1) is 14.8. The highest BCUT2D eigenvalue weighted by molar-refractivity contribution is 5.76. The van der Waals surface area contributed by atoms with Crippen LogP contribution in [-0.2, 0) is 11.3 Å². The van der Waals surface area contributed by atoms with E-state index in [1.165, 1.54) is 0 Å². The molecule has 1 amide bonds. The Hall–Kier alpha value is -2.14. The minimum atomic E-state index is 0.243. The maximum atomic E-state index is 12.0. The van der Waals surface area contributed by atoms with Gasteiger partial charge in [0.05, 0.1) is 11.2 Å². The summed E-state index contributed by atoms with van der Waals surface area (Å²) in [5.74, 6) is 0.243. The lowest BCUT2D eigenvalue weighted by Gasteiger charge is -2.34. The second kappa shape index (κ2) is 6.75. The molecule has 3 rings (SSSR count). The predicted molar refractivity (Wildman–Crippen MR) is 86.5 cm³/mol. The molecule has 0 radical (unpaired) electrons. The molecule has 1 aliphatic heterocycles. The van der Waals surface area contributed by atoms with E-state index in [9.17, 15) is 4.79 Å². The summed E-state index contributed by atoms with van der Waals surface area (Å²) in [5.41, 5.74) is 2.20. The molecule has 3 heterocycles. The Balaban J connectivity index is 1.53. The van der Waals surface area contributed by atoms with Crippen LogP contribution in [0.5, 0.6) is 0 Å². The molecule has 0 atom stereocenters. The molecule has 22 heavy (non-hydrogen) atoms. The first-order chi connectivity index (χ1) is 10.8. The van der Waals surface area contributed by atoms with Gasteiger partial charge in [-0.15, -0.1) is 6.58 Å². The van der Waals surface area contributed by atoms with Crippen LogP contribution in [0.1, 0.15) is 18.5 Å². The van der Waals surface area contributed by atoms with Crippen molar-refractivity contribution in [3.05, 3.63) is 48.8 Å². The number of carbonyl (C=O) groups is 1. The van der Waals surface area contributed by atoms with Gasteiger partial charge < -0.3 is 4.90 Å². The molecule has 116 valence electrons. The standard InChI is InChI=1S/C17H22N4O/c1-2-3-7-17(22)20-11-9-19(10-12-20)14-15-13-16-6-4-5-8-21(16)18-15/h2,4-6,8,13H,1,3,7,9-12,14H2. The number of nitrogens with zero attached hydrogens (tertiary/aromatic N) is 4. The summed E-state index contributed by atoms with van der Waals surface area (Å²) in [4.78, 5) is 16.3. The fraction of sp³-hybridized carbons (Fsp3) is 0.412. The maximum Gasteiger partial charge on any atom is 0.222 e. The molecule has 5 nitrogen and oxygen atoms in total. The van der Waals surface area contributed by atoms with Crippen LogP contribution in [-0.4, -0.2) is 51.5 Å². The Morgan fingerprint density at radius 2 is 2.09 bits per heavy atom. The van der Waals surface area contributed by atoms with Crippen molar-refractivity contribution in [3.8, 4) is 0 Å². The maximum absolute atomic E-state index is 12.0. The molecule has 0 spiro atoms. The Morgan fingerprint density at radius 1 is 1.27 bits per heavy atom. The smallest absolute Gasteiger partial charge is 0.222 e. The van der Waals surface area contributed by atoms with Crippen molar-refractivity contribution in [2.75, 3.05) is 26.2 Å². The third-order valence-corrected chi connectivity index (χ3v) is 4.09. The fourth-order valence-corrected chi connectivity index (χ4v) is 2.84. The second-order valence-electron chi connectivity index (χ2n) is 5.69. The number of piperazine rings is 1. The van der Waals surface area contributed by atoms with E-state index in [1.54, 1.807) is 6.08 Å². The van der Waals surface area contributed by atoms with Crippen LogP contribution < -0.4 is 0 Å². The predicted octanol–water partition coefficient (Wildman–Crippen LogP) is 1.94. The minimum absolute atomic E-state index is 0.243. The third kappa shape index (κ3) is 3.36. The summed E-state index contributed by atoms with van der Waals surface area (Å²) in [6.45, 7) is 7.95. The largest absolute Gasteiger partial charge is 0.340 e. The molecule has 0 aliphatic carbocycles. The average molecular weight is 298 g/mol. The third-order valence-electron chi connectivity index (χ3n) is 4.09. The molecule has 2 aromatic rings. The number of fused-ring (bicyclic) bond motifs is 1. The number of amides is 1. The van der Waals surface area contributed by atoms with E-state index in [0.29, 0.717) is 6.42 Å². The van der Waals surface area contributed by atoms with Crippen LogP contribution in [0.25, 0.3) is 5.52 Å². The van der Waals surface area contributed by atoms with E-state index in [0.717, 1.165) is 50.4 Å². The lowest BCUT2D eigenvalue weighted by Crippen LogP contribution is -2.48. The van der Waals surface area contributed by atoms with Crippen molar-refractivity contribution in [2.45, 2.75) is 19.4 Å². The fourth-order valence-electron chi connectivity index (χ4n) is 2.84. The molecule has 1 aliphatic rings. The van der Waals surface area contributed by atoms with Gasteiger partial charge in [-0.2, -0.15) is 5.10 Å². The topological polar surface area (TPSA) is 40.9 Å². The van der Waals surface area contributed by atoms with Crippen LogP contribution in [0.2, 0.25) is 0 Å². The van der Waals surface area contributed by atoms with E-state index in [1.807, 2.05) is 27.7 Å². The van der Waals surface area contributed by atoms with Crippen molar-refractivity contribution < 1.29 is 4.79 Å². The Morgan fingerprint density at radius 3 is 2.82 bits per heavy atom. The van der Waals surface area contributed by atoms with Gasteiger partial charge in [-0.05, 0) is 24.6 Å². The molecule has 1 fully saturated rings. The van der Waals surface area contributed by atoms with Crippen molar-refractivity contribution >= 4 is 11.4 Å². The zero-order valence-electron chi connectivity index (χ0n) is 12.8. The number of aromatic nitrogens is 2. The monoisotopic (exact) mass is 298 g/mol. The summed E-state index contributed by atoms with van der Waals surface area (Å²) >= 11 is 0. The van der Waals surface area contributed by atoms with Crippen molar-refractivity contribution in [1.29, 1.82) is 0 Å². The van der Waals surface area contributed by atoms with Crippen LogP contribution in [0, 0.1) is 0 Å². The van der Waals surface area contributed by atoms with Gasteiger partial charge in [-0.1, -0.05) is 12.1 Å². The first-order valence-corrected chi connectivity index (χ1v) is 7.80. The Kier molecular flexibility index (Phi) is 4.53. The van der Waals surface area contributed by atoms with Gasteiger partial charge in [0.15, 0.2) is 0 Å². The highest BCUT2D eigenvalue weighted by Gasteiger charge is 2.21. The normalized spacial score (nSPS) is 16.1. The first-order valence-electron chi connectivity index (χ1n) is 7.80. The SMILES string of the molecule is C=CCCC(=O)N1CCN(Cc2cc3ccccn3n2)CC1. The van der Waals surface area contributed by atoms with Gasteiger partial charge in [0.1, 0.15) is 0 Å². The van der Waals surface area contributed by atoms with E-state index in [2.05, 4.69) is 28.7 Å². The number of rotatable bonds is 5. The number of hydrogen-bond donors (Lipinski definition) is 0. The number of allylic oxidation sites excluding steroid dienone is 1. The van der Waals surface area contributed by atoms with Crippen LogP contribution >= 0.6 is 0 Å². The second-order valence-corrected chi connectivity index (χ2v) is 5.69. The van der Waals surface area contributed by atoms with Crippen LogP contribution in [0.4, 0.5) is 0 Å². The van der Waals surface area contributed by atoms with Crippen LogP contribution in [0.3, 0.4) is 0 Å². The van der Waals surface area contributed by atoms with Gasteiger partial charge in [-0.25, -0.2) is 4.52 Å². The summed E-state index contributed by atoms with van der Waals surface area (Å²) in [6.07, 6.45) is 5.11. The average Bonchev–Trinajstić information content (AvgIpc) is 2.95. The van der Waals surface area contributed by atoms with Gasteiger partial charge in [0.25, 0.3) is 0 Å². The zero-order chi connectivity index (χ0) is 15.4. The molecular formula is C17H22N4O. The lowest BCUT2D eigenvalue weighted by atomic mass is 10.2. The Bertz CT molecular complexity index is 622. The van der Waals surface area contributed by atoms with Gasteiger partial charge in [0.2, 0.25) is 5.91 Å². The molecule has 5 heteroatoms. The molecule has 0 N–H and O–H groups in total. The van der Waals surface area contributed by atoms with Crippen LogP contribution in [0.15, 0.2) is 43.1 Å². The van der Waals surface area contributed by atoms with E-state index < -0.39 is 0 Å². The molecule has 0 unspecified atom stereocenters. The number of hydrogen-bond acceptors (Lipinski definition) is 3. The molecule has 1 saturated heterocycles. The molecular weight excluding hydrogens is 276 g/mol. The molecule has 0 aromatic carbocycles. The summed E-state index contributed by atoms with van der Waals surface area (Å²) in [7, 11) is 0. The highest BCUT2D eigenvalue weighted by Crippen LogP contribution is 2.11. The lowest BCUT2D eigenvalue weighted by molar-refractivity contribution is -0.132. The molecule has 2 aromatic heterocycles. The summed E-state index contributed by atoms with van der Waals surface area (Å²) in [6, 6.07) is 8.19. The van der Waals surface area contributed by atoms with Crippen molar-refractivity contribution in [2.24, 2.45) is 0 Å². The van der Waals surface area contributed by atoms with Gasteiger partial charge in [-0.3, -0.25) is 9.69 Å². The summed E-state index contributed by atoms with van der Waals surface area (Å²) in [5, 5.41) is 4.58. The van der Waals surface area contributed by atoms with Crippen molar-refractivity contribution in [3.63, 3.8) is 0 Å². The van der Waals surface area contributed by atoms with E-state index >= 15 is 0 Å². The van der Waals surface area contributed by atoms with Crippen molar-refractivity contribution in [1.82, 2.24) is 19.4 Å². The highest BCUT2D eigenvalue weighted by atomic mass is 16.2.